The van der Waals surface area contributed by atoms with Crippen molar-refractivity contribution in [1.82, 2.24) is 19.8 Å². The molecule has 3 heterocycles. The quantitative estimate of drug-likeness (QED) is 0.348. The van der Waals surface area contributed by atoms with Crippen LogP contribution >= 0.6 is 11.6 Å². The first-order valence-electron chi connectivity index (χ1n) is 11.6. The van der Waals surface area contributed by atoms with Gasteiger partial charge in [0, 0.05) is 41.5 Å². The summed E-state index contributed by atoms with van der Waals surface area (Å²) >= 11 is 5.83. The molecule has 10 heteroatoms. The fourth-order valence-electron chi connectivity index (χ4n) is 4.70. The molecule has 4 rings (SSSR count). The van der Waals surface area contributed by atoms with Gasteiger partial charge in [0.05, 0.1) is 11.3 Å². The van der Waals surface area contributed by atoms with Crippen LogP contribution in [0.3, 0.4) is 0 Å². The Kier molecular flexibility index (Phi) is 7.69. The average Bonchev–Trinajstić information content (AvgIpc) is 3.45. The number of benzene rings is 1. The van der Waals surface area contributed by atoms with Gasteiger partial charge in [-0.05, 0) is 50.5 Å². The topological polar surface area (TPSA) is 105 Å². The second-order valence-electron chi connectivity index (χ2n) is 8.70. The number of aliphatic hydroxyl groups is 1. The molecule has 3 aromatic rings. The number of pyridine rings is 1. The highest BCUT2D eigenvalue weighted by atomic mass is 35.5. The maximum atomic E-state index is 14.3. The zero-order valence-electron chi connectivity index (χ0n) is 19.7. The van der Waals surface area contributed by atoms with Crippen LogP contribution in [-0.2, 0) is 22.7 Å². The van der Waals surface area contributed by atoms with Crippen molar-refractivity contribution in [1.29, 1.82) is 0 Å². The molecule has 2 atom stereocenters. The van der Waals surface area contributed by atoms with E-state index >= 15 is 0 Å². The first kappa shape index (κ1) is 25.4. The number of rotatable bonds is 8. The van der Waals surface area contributed by atoms with Gasteiger partial charge < -0.3 is 19.9 Å². The van der Waals surface area contributed by atoms with E-state index in [0.29, 0.717) is 35.9 Å². The molecular formula is C26H26ClFN4O4. The van der Waals surface area contributed by atoms with Crippen LogP contribution in [0.2, 0.25) is 5.02 Å². The summed E-state index contributed by atoms with van der Waals surface area (Å²) in [5.41, 5.74) is 1.21. The molecule has 2 amide bonds. The monoisotopic (exact) mass is 512 g/mol. The third kappa shape index (κ3) is 5.11. The number of carbonyl (C=O) groups excluding carboxylic acids is 3. The summed E-state index contributed by atoms with van der Waals surface area (Å²) in [6.45, 7) is 1.26. The van der Waals surface area contributed by atoms with Crippen LogP contribution in [0.5, 0.6) is 0 Å². The Labute approximate surface area is 212 Å². The minimum Gasteiger partial charge on any atom is -0.516 e. The molecule has 0 unspecified atom stereocenters. The maximum Gasteiger partial charge on any atom is 0.243 e. The molecular weight excluding hydrogens is 487 g/mol. The van der Waals surface area contributed by atoms with Gasteiger partial charge in [-0.1, -0.05) is 23.7 Å². The predicted octanol–water partition coefficient (Wildman–Crippen LogP) is 4.17. The standard InChI is InChI=1S/C26H26ClFN4O4/c1-16(34)20-14-31(25-19(20)7-3-11-29-25)15-23(35)32-18(6-4-12-33)9-10-22(32)26(36)30-13-17-5-2-8-21(27)24(17)28/h2-5,7-8,11-12,14,18,22,33H,6,9-10,13,15H2,1H3,(H,30,36)/b12-4+/t18-,22+/m1/s1. The molecule has 0 spiro atoms. The SMILES string of the molecule is CC(=O)c1cn(CC(=O)N2[C@H](C/C=C/O)CC[C@H]2C(=O)NCc2cccc(Cl)c2F)c2ncccc12. The Morgan fingerprint density at radius 2 is 2.06 bits per heavy atom. The number of aromatic nitrogens is 2. The average molecular weight is 513 g/mol. The molecule has 0 saturated carbocycles. The molecule has 2 N–H and O–H groups in total. The minimum absolute atomic E-state index is 0.0345. The van der Waals surface area contributed by atoms with E-state index < -0.39 is 17.8 Å². The van der Waals surface area contributed by atoms with Crippen molar-refractivity contribution in [3.8, 4) is 0 Å². The Morgan fingerprint density at radius 1 is 1.25 bits per heavy atom. The molecule has 188 valence electrons. The number of aliphatic hydroxyl groups excluding tert-OH is 1. The number of ketones is 1. The molecule has 8 nitrogen and oxygen atoms in total. The van der Waals surface area contributed by atoms with Crippen molar-refractivity contribution in [3.05, 3.63) is 77.0 Å². The van der Waals surface area contributed by atoms with Gasteiger partial charge in [-0.25, -0.2) is 9.37 Å². The normalized spacial score (nSPS) is 17.7. The molecule has 1 fully saturated rings. The summed E-state index contributed by atoms with van der Waals surface area (Å²) in [5, 5.41) is 12.5. The third-order valence-corrected chi connectivity index (χ3v) is 6.70. The zero-order chi connectivity index (χ0) is 25.8. The van der Waals surface area contributed by atoms with Gasteiger partial charge in [0.2, 0.25) is 11.8 Å². The van der Waals surface area contributed by atoms with Crippen LogP contribution in [0, 0.1) is 5.82 Å². The van der Waals surface area contributed by atoms with Crippen LogP contribution < -0.4 is 5.32 Å². The van der Waals surface area contributed by atoms with Crippen LogP contribution in [0.4, 0.5) is 4.39 Å². The number of likely N-dealkylation sites (tertiary alicyclic amines) is 1. The lowest BCUT2D eigenvalue weighted by molar-refractivity contribution is -0.140. The second-order valence-corrected chi connectivity index (χ2v) is 9.11. The van der Waals surface area contributed by atoms with Crippen molar-refractivity contribution in [2.75, 3.05) is 0 Å². The van der Waals surface area contributed by atoms with E-state index in [9.17, 15) is 18.8 Å². The van der Waals surface area contributed by atoms with Crippen LogP contribution in [0.1, 0.15) is 42.1 Å². The van der Waals surface area contributed by atoms with Crippen molar-refractivity contribution >= 4 is 40.2 Å². The van der Waals surface area contributed by atoms with Crippen LogP contribution in [-0.4, -0.2) is 49.2 Å². The van der Waals surface area contributed by atoms with Gasteiger partial charge in [0.1, 0.15) is 24.1 Å². The lowest BCUT2D eigenvalue weighted by Crippen LogP contribution is -2.49. The molecule has 1 aliphatic heterocycles. The van der Waals surface area contributed by atoms with Gasteiger partial charge >= 0.3 is 0 Å². The van der Waals surface area contributed by atoms with E-state index in [4.69, 9.17) is 16.7 Å². The molecule has 1 aromatic carbocycles. The molecule has 0 aliphatic carbocycles. The van der Waals surface area contributed by atoms with Crippen molar-refractivity contribution in [3.63, 3.8) is 0 Å². The Bertz CT molecular complexity index is 1340. The number of nitrogens with zero attached hydrogens (tertiary/aromatic N) is 3. The van der Waals surface area contributed by atoms with Gasteiger partial charge in [-0.3, -0.25) is 14.4 Å². The maximum absolute atomic E-state index is 14.3. The smallest absolute Gasteiger partial charge is 0.243 e. The fourth-order valence-corrected chi connectivity index (χ4v) is 4.90. The van der Waals surface area contributed by atoms with Gasteiger partial charge in [0.25, 0.3) is 0 Å². The van der Waals surface area contributed by atoms with E-state index in [1.165, 1.54) is 30.0 Å². The summed E-state index contributed by atoms with van der Waals surface area (Å²) in [6, 6.07) is 6.99. The van der Waals surface area contributed by atoms with E-state index in [0.717, 1.165) is 6.26 Å². The third-order valence-electron chi connectivity index (χ3n) is 6.41. The Hall–Kier alpha value is -3.72. The lowest BCUT2D eigenvalue weighted by atomic mass is 10.1. The zero-order valence-corrected chi connectivity index (χ0v) is 20.4. The second kappa shape index (κ2) is 10.9. The van der Waals surface area contributed by atoms with Gasteiger partial charge in [-0.2, -0.15) is 0 Å². The van der Waals surface area contributed by atoms with E-state index in [1.807, 2.05) is 0 Å². The number of amides is 2. The van der Waals surface area contributed by atoms with E-state index in [-0.39, 0.29) is 41.4 Å². The van der Waals surface area contributed by atoms with Crippen molar-refractivity contribution in [2.24, 2.45) is 0 Å². The number of nitrogens with one attached hydrogen (secondary N) is 1. The molecule has 0 radical (unpaired) electrons. The predicted molar refractivity (Wildman–Crippen MR) is 133 cm³/mol. The van der Waals surface area contributed by atoms with Crippen LogP contribution in [0.25, 0.3) is 11.0 Å². The number of carbonyl (C=O) groups is 3. The summed E-state index contributed by atoms with van der Waals surface area (Å²) in [4.78, 5) is 44.6. The fraction of sp³-hybridized carbons (Fsp3) is 0.308. The minimum atomic E-state index is -0.765. The number of hydrogen-bond donors (Lipinski definition) is 2. The highest BCUT2D eigenvalue weighted by molar-refractivity contribution is 6.30. The number of hydrogen-bond acceptors (Lipinski definition) is 5. The van der Waals surface area contributed by atoms with Gasteiger partial charge in [0.15, 0.2) is 5.78 Å². The molecule has 1 aliphatic rings. The highest BCUT2D eigenvalue weighted by Gasteiger charge is 2.40. The van der Waals surface area contributed by atoms with Crippen molar-refractivity contribution < 1.29 is 23.9 Å². The molecule has 36 heavy (non-hydrogen) atoms. The summed E-state index contributed by atoms with van der Waals surface area (Å²) < 4.78 is 15.9. The first-order valence-corrected chi connectivity index (χ1v) is 12.0. The highest BCUT2D eigenvalue weighted by Crippen LogP contribution is 2.29. The first-order chi connectivity index (χ1) is 17.3. The summed E-state index contributed by atoms with van der Waals surface area (Å²) in [6.07, 6.45) is 6.99. The van der Waals surface area contributed by atoms with Crippen molar-refractivity contribution in [2.45, 2.75) is 51.4 Å². The Balaban J connectivity index is 1.56. The largest absolute Gasteiger partial charge is 0.516 e. The Morgan fingerprint density at radius 3 is 2.81 bits per heavy atom. The summed E-state index contributed by atoms with van der Waals surface area (Å²) in [7, 11) is 0. The van der Waals surface area contributed by atoms with Crippen LogP contribution in [0.15, 0.2) is 55.1 Å². The number of fused-ring (bicyclic) bond motifs is 1. The lowest BCUT2D eigenvalue weighted by Gasteiger charge is -2.29. The van der Waals surface area contributed by atoms with Gasteiger partial charge in [-0.15, -0.1) is 0 Å². The molecule has 2 aromatic heterocycles. The number of Topliss-reactive ketones (excluding diaryl/α,β-unsaturated/α-hetero) is 1. The van der Waals surface area contributed by atoms with E-state index in [2.05, 4.69) is 10.3 Å². The number of halogens is 2. The molecule has 1 saturated heterocycles. The molecule has 0 bridgehead atoms. The summed E-state index contributed by atoms with van der Waals surface area (Å²) in [5.74, 6) is -1.47. The van der Waals surface area contributed by atoms with E-state index in [1.54, 1.807) is 35.2 Å².